The van der Waals surface area contributed by atoms with Crippen LogP contribution < -0.4 is 11.3 Å². The summed E-state index contributed by atoms with van der Waals surface area (Å²) in [7, 11) is -0.510. The molecule has 1 aliphatic rings. The minimum Gasteiger partial charge on any atom is -0.398 e. The molecule has 2 N–H and O–H groups in total. The maximum absolute atomic E-state index is 5.94. The summed E-state index contributed by atoms with van der Waals surface area (Å²) >= 11 is 0. The predicted molar refractivity (Wildman–Crippen MR) is 79.3 cm³/mol. The van der Waals surface area contributed by atoms with Crippen LogP contribution in [0.4, 0.5) is 5.82 Å². The topological polar surface area (TPSA) is 88.1 Å². The second kappa shape index (κ2) is 4.54. The van der Waals surface area contributed by atoms with Gasteiger partial charge in [0.15, 0.2) is 5.82 Å². The molecule has 21 heavy (non-hydrogen) atoms. The van der Waals surface area contributed by atoms with E-state index in [-0.39, 0.29) is 0 Å². The summed E-state index contributed by atoms with van der Waals surface area (Å²) in [6.07, 6.45) is 6.56. The Labute approximate surface area is 123 Å². The van der Waals surface area contributed by atoms with Crippen molar-refractivity contribution in [1.82, 2.24) is 19.5 Å². The van der Waals surface area contributed by atoms with Gasteiger partial charge >= 0.3 is 7.12 Å². The molecule has 0 radical (unpaired) electrons. The van der Waals surface area contributed by atoms with Crippen molar-refractivity contribution >= 4 is 18.5 Å². The SMILES string of the molecule is CC1(C)OB(c2cnc(-n3cnc(N)c3)cn2)OC1(C)C. The van der Waals surface area contributed by atoms with Gasteiger partial charge in [-0.2, -0.15) is 0 Å². The fraction of sp³-hybridized carbons (Fsp3) is 0.462. The number of imidazole rings is 1. The molecule has 3 heterocycles. The third-order valence-corrected chi connectivity index (χ3v) is 4.02. The van der Waals surface area contributed by atoms with Gasteiger partial charge in [0.25, 0.3) is 0 Å². The van der Waals surface area contributed by atoms with Crippen LogP contribution in [-0.2, 0) is 9.31 Å². The fourth-order valence-electron chi connectivity index (χ4n) is 2.01. The molecule has 0 spiro atoms. The highest BCUT2D eigenvalue weighted by molar-refractivity contribution is 6.61. The van der Waals surface area contributed by atoms with Crippen LogP contribution in [0.1, 0.15) is 27.7 Å². The first-order valence-electron chi connectivity index (χ1n) is 6.76. The normalized spacial score (nSPS) is 19.9. The van der Waals surface area contributed by atoms with Gasteiger partial charge in [0.2, 0.25) is 0 Å². The first-order chi connectivity index (χ1) is 9.78. The highest BCUT2D eigenvalue weighted by atomic mass is 16.7. The van der Waals surface area contributed by atoms with E-state index in [1.165, 1.54) is 0 Å². The summed E-state index contributed by atoms with van der Waals surface area (Å²) in [5.74, 6) is 1.08. The maximum Gasteiger partial charge on any atom is 0.516 e. The lowest BCUT2D eigenvalue weighted by atomic mass is 9.85. The van der Waals surface area contributed by atoms with E-state index >= 15 is 0 Å². The molecule has 1 saturated heterocycles. The molecule has 0 atom stereocenters. The summed E-state index contributed by atoms with van der Waals surface area (Å²) in [5.41, 5.74) is 5.44. The Morgan fingerprint density at radius 3 is 2.19 bits per heavy atom. The van der Waals surface area contributed by atoms with E-state index in [0.29, 0.717) is 17.2 Å². The minimum atomic E-state index is -0.510. The molecule has 0 bridgehead atoms. The van der Waals surface area contributed by atoms with Crippen molar-refractivity contribution in [3.63, 3.8) is 0 Å². The van der Waals surface area contributed by atoms with Crippen LogP contribution >= 0.6 is 0 Å². The van der Waals surface area contributed by atoms with Crippen LogP contribution in [0, 0.1) is 0 Å². The number of nitrogen functional groups attached to an aromatic ring is 1. The van der Waals surface area contributed by atoms with Crippen molar-refractivity contribution in [3.05, 3.63) is 24.9 Å². The third-order valence-electron chi connectivity index (χ3n) is 4.02. The lowest BCUT2D eigenvalue weighted by molar-refractivity contribution is 0.00578. The molecular formula is C13H18BN5O2. The first kappa shape index (κ1) is 14.0. The Bertz CT molecular complexity index is 637. The third kappa shape index (κ3) is 2.40. The van der Waals surface area contributed by atoms with Gasteiger partial charge in [0.1, 0.15) is 12.1 Å². The number of rotatable bonds is 2. The summed E-state index contributed by atoms with van der Waals surface area (Å²) < 4.78 is 13.6. The van der Waals surface area contributed by atoms with Crippen LogP contribution in [0.3, 0.4) is 0 Å². The molecule has 2 aromatic rings. The van der Waals surface area contributed by atoms with Gasteiger partial charge < -0.3 is 15.0 Å². The van der Waals surface area contributed by atoms with Gasteiger partial charge in [-0.25, -0.2) is 9.97 Å². The van der Waals surface area contributed by atoms with Crippen molar-refractivity contribution < 1.29 is 9.31 Å². The molecule has 0 aromatic carbocycles. The van der Waals surface area contributed by atoms with Gasteiger partial charge in [0.05, 0.1) is 29.2 Å². The van der Waals surface area contributed by atoms with Crippen molar-refractivity contribution in [2.45, 2.75) is 38.9 Å². The minimum absolute atomic E-state index is 0.392. The van der Waals surface area contributed by atoms with E-state index in [2.05, 4.69) is 15.0 Å². The van der Waals surface area contributed by atoms with Crippen LogP contribution in [0.2, 0.25) is 0 Å². The number of hydrogen-bond donors (Lipinski definition) is 1. The van der Waals surface area contributed by atoms with Crippen molar-refractivity contribution in [2.75, 3.05) is 5.73 Å². The van der Waals surface area contributed by atoms with E-state index in [4.69, 9.17) is 15.0 Å². The largest absolute Gasteiger partial charge is 0.516 e. The summed E-state index contributed by atoms with van der Waals surface area (Å²) in [4.78, 5) is 12.7. The van der Waals surface area contributed by atoms with Gasteiger partial charge in [-0.05, 0) is 27.7 Å². The van der Waals surface area contributed by atoms with E-state index in [9.17, 15) is 0 Å². The quantitative estimate of drug-likeness (QED) is 0.811. The molecule has 110 valence electrons. The first-order valence-corrected chi connectivity index (χ1v) is 6.76. The number of anilines is 1. The highest BCUT2D eigenvalue weighted by Crippen LogP contribution is 2.36. The number of nitrogens with two attached hydrogens (primary N) is 1. The molecule has 2 aromatic heterocycles. The molecule has 3 rings (SSSR count). The van der Waals surface area contributed by atoms with Crippen molar-refractivity contribution in [3.8, 4) is 5.82 Å². The van der Waals surface area contributed by atoms with E-state index in [1.807, 2.05) is 27.7 Å². The van der Waals surface area contributed by atoms with Gasteiger partial charge in [-0.15, -0.1) is 0 Å². The predicted octanol–water partition coefficient (Wildman–Crippen LogP) is 0.544. The van der Waals surface area contributed by atoms with Crippen LogP contribution in [-0.4, -0.2) is 37.8 Å². The molecule has 7 nitrogen and oxygen atoms in total. The molecule has 0 amide bonds. The summed E-state index contributed by atoms with van der Waals surface area (Å²) in [6, 6.07) is 0. The zero-order valence-corrected chi connectivity index (χ0v) is 12.6. The van der Waals surface area contributed by atoms with Gasteiger partial charge in [0, 0.05) is 6.20 Å². The fourth-order valence-corrected chi connectivity index (χ4v) is 2.01. The smallest absolute Gasteiger partial charge is 0.398 e. The lowest BCUT2D eigenvalue weighted by Crippen LogP contribution is -2.41. The molecule has 1 aliphatic heterocycles. The van der Waals surface area contributed by atoms with Crippen molar-refractivity contribution in [2.24, 2.45) is 0 Å². The van der Waals surface area contributed by atoms with E-state index in [1.54, 1.807) is 29.5 Å². The Morgan fingerprint density at radius 1 is 1.05 bits per heavy atom. The molecule has 1 fully saturated rings. The number of hydrogen-bond acceptors (Lipinski definition) is 6. The Hall–Kier alpha value is -1.93. The Morgan fingerprint density at radius 2 is 1.71 bits per heavy atom. The molecule has 0 unspecified atom stereocenters. The zero-order valence-electron chi connectivity index (χ0n) is 12.6. The van der Waals surface area contributed by atoms with Crippen molar-refractivity contribution in [1.29, 1.82) is 0 Å². The molecule has 0 aliphatic carbocycles. The van der Waals surface area contributed by atoms with Gasteiger partial charge in [-0.3, -0.25) is 9.55 Å². The summed E-state index contributed by atoms with van der Waals surface area (Å²) in [6.45, 7) is 8.01. The maximum atomic E-state index is 5.94. The van der Waals surface area contributed by atoms with E-state index < -0.39 is 18.3 Å². The highest BCUT2D eigenvalue weighted by Gasteiger charge is 2.52. The second-order valence-electron chi connectivity index (χ2n) is 6.09. The van der Waals surface area contributed by atoms with Gasteiger partial charge in [-0.1, -0.05) is 0 Å². The second-order valence-corrected chi connectivity index (χ2v) is 6.09. The Kier molecular flexibility index (Phi) is 3.03. The molecular weight excluding hydrogens is 269 g/mol. The lowest BCUT2D eigenvalue weighted by Gasteiger charge is -2.32. The molecule has 0 saturated carbocycles. The summed E-state index contributed by atoms with van der Waals surface area (Å²) in [5, 5.41) is 0. The zero-order chi connectivity index (χ0) is 15.3. The van der Waals surface area contributed by atoms with Crippen LogP contribution in [0.15, 0.2) is 24.9 Å². The average Bonchev–Trinajstić information content (AvgIpc) is 2.92. The standard InChI is InChI=1S/C13H18BN5O2/c1-12(2)13(3,4)21-14(20-12)9-5-17-11(6-16-9)19-7-10(15)18-8-19/h5-8H,15H2,1-4H3. The molecule has 8 heteroatoms. The van der Waals surface area contributed by atoms with Crippen LogP contribution in [0.25, 0.3) is 5.82 Å². The number of nitrogens with zero attached hydrogens (tertiary/aromatic N) is 4. The number of aromatic nitrogens is 4. The average molecular weight is 287 g/mol. The Balaban J connectivity index is 1.83. The monoisotopic (exact) mass is 287 g/mol. The van der Waals surface area contributed by atoms with E-state index in [0.717, 1.165) is 0 Å². The van der Waals surface area contributed by atoms with Crippen LogP contribution in [0.5, 0.6) is 0 Å².